The maximum atomic E-state index is 11.1. The van der Waals surface area contributed by atoms with Crippen molar-refractivity contribution < 1.29 is 0 Å². The second kappa shape index (κ2) is 6.42. The van der Waals surface area contributed by atoms with Gasteiger partial charge in [0.15, 0.2) is 5.16 Å². The van der Waals surface area contributed by atoms with Gasteiger partial charge in [0.05, 0.1) is 6.07 Å². The zero-order valence-electron chi connectivity index (χ0n) is 9.99. The number of thioether (sulfide) groups is 1. The van der Waals surface area contributed by atoms with Gasteiger partial charge in [0.25, 0.3) is 5.56 Å². The van der Waals surface area contributed by atoms with Crippen LogP contribution in [0.25, 0.3) is 0 Å². The van der Waals surface area contributed by atoms with E-state index in [-0.39, 0.29) is 5.56 Å². The quantitative estimate of drug-likeness (QED) is 0.586. The highest BCUT2D eigenvalue weighted by molar-refractivity contribution is 7.99. The third-order valence-electron chi connectivity index (χ3n) is 2.16. The Labute approximate surface area is 105 Å². The molecule has 17 heavy (non-hydrogen) atoms. The normalized spacial score (nSPS) is 13.9. The second-order valence-electron chi connectivity index (χ2n) is 3.90. The van der Waals surface area contributed by atoms with Gasteiger partial charge >= 0.3 is 0 Å². The summed E-state index contributed by atoms with van der Waals surface area (Å²) in [4.78, 5) is 17.7. The molecular weight excluding hydrogens is 236 g/mol. The van der Waals surface area contributed by atoms with Crippen LogP contribution in [0.3, 0.4) is 0 Å². The van der Waals surface area contributed by atoms with Gasteiger partial charge in [-0.15, -0.1) is 0 Å². The largest absolute Gasteiger partial charge is 0.301 e. The van der Waals surface area contributed by atoms with E-state index < -0.39 is 5.54 Å². The average molecular weight is 252 g/mol. The van der Waals surface area contributed by atoms with Crippen LogP contribution in [0.5, 0.6) is 0 Å². The monoisotopic (exact) mass is 252 g/mol. The Hall–Kier alpha value is -1.32. The van der Waals surface area contributed by atoms with Crippen LogP contribution in [0.15, 0.2) is 22.2 Å². The van der Waals surface area contributed by atoms with E-state index in [9.17, 15) is 4.79 Å². The Morgan fingerprint density at radius 2 is 2.47 bits per heavy atom. The third kappa shape index (κ3) is 4.59. The predicted octanol–water partition coefficient (Wildman–Crippen LogP) is 1.14. The minimum atomic E-state index is -0.602. The summed E-state index contributed by atoms with van der Waals surface area (Å²) in [6.45, 7) is 4.69. The molecule has 6 heteroatoms. The van der Waals surface area contributed by atoms with Gasteiger partial charge in [0.2, 0.25) is 0 Å². The highest BCUT2D eigenvalue weighted by atomic mass is 32.2. The van der Waals surface area contributed by atoms with Crippen molar-refractivity contribution in [2.24, 2.45) is 0 Å². The van der Waals surface area contributed by atoms with E-state index in [1.165, 1.54) is 24.0 Å². The molecule has 1 heterocycles. The van der Waals surface area contributed by atoms with Gasteiger partial charge in [-0.3, -0.25) is 10.1 Å². The lowest BCUT2D eigenvalue weighted by Crippen LogP contribution is -2.43. The van der Waals surface area contributed by atoms with Crippen LogP contribution < -0.4 is 10.9 Å². The zero-order chi connectivity index (χ0) is 12.7. The molecule has 5 nitrogen and oxygen atoms in total. The molecule has 0 fully saturated rings. The van der Waals surface area contributed by atoms with Crippen molar-refractivity contribution in [2.45, 2.75) is 31.0 Å². The van der Waals surface area contributed by atoms with Gasteiger partial charge in [-0.25, -0.2) is 4.98 Å². The molecule has 2 N–H and O–H groups in total. The molecule has 0 saturated heterocycles. The highest BCUT2D eigenvalue weighted by Gasteiger charge is 2.23. The van der Waals surface area contributed by atoms with Crippen LogP contribution in [0.4, 0.5) is 0 Å². The number of aromatic amines is 1. The average Bonchev–Trinajstić information content (AvgIpc) is 2.34. The second-order valence-corrected chi connectivity index (χ2v) is 4.86. The fourth-order valence-corrected chi connectivity index (χ4v) is 2.06. The van der Waals surface area contributed by atoms with Gasteiger partial charge in [0, 0.05) is 18.0 Å². The number of rotatable bonds is 6. The summed E-state index contributed by atoms with van der Waals surface area (Å²) in [5.74, 6) is 0.538. The summed E-state index contributed by atoms with van der Waals surface area (Å²) in [6, 6.07) is 3.61. The van der Waals surface area contributed by atoms with E-state index in [0.717, 1.165) is 13.0 Å². The van der Waals surface area contributed by atoms with Crippen molar-refractivity contribution in [3.05, 3.63) is 22.6 Å². The lowest BCUT2D eigenvalue weighted by molar-refractivity contribution is 0.493. The molecule has 0 spiro atoms. The summed E-state index contributed by atoms with van der Waals surface area (Å²) < 4.78 is 0. The lowest BCUT2D eigenvalue weighted by atomic mass is 10.1. The van der Waals surface area contributed by atoms with Crippen LogP contribution in [-0.4, -0.2) is 27.8 Å². The molecule has 1 aromatic heterocycles. The third-order valence-corrected chi connectivity index (χ3v) is 3.36. The molecule has 0 aliphatic heterocycles. The van der Waals surface area contributed by atoms with Crippen molar-refractivity contribution in [3.63, 3.8) is 0 Å². The van der Waals surface area contributed by atoms with Gasteiger partial charge in [-0.1, -0.05) is 18.7 Å². The molecule has 0 aliphatic rings. The smallest absolute Gasteiger partial charge is 0.251 e. The first-order valence-corrected chi connectivity index (χ1v) is 6.42. The van der Waals surface area contributed by atoms with E-state index >= 15 is 0 Å². The molecule has 0 bridgehead atoms. The van der Waals surface area contributed by atoms with Crippen LogP contribution in [-0.2, 0) is 0 Å². The molecule has 1 aromatic rings. The lowest BCUT2D eigenvalue weighted by Gasteiger charge is -2.22. The number of nitriles is 1. The highest BCUT2D eigenvalue weighted by Crippen LogP contribution is 2.17. The Kier molecular flexibility index (Phi) is 5.19. The van der Waals surface area contributed by atoms with Crippen molar-refractivity contribution >= 4 is 11.8 Å². The van der Waals surface area contributed by atoms with E-state index in [2.05, 4.69) is 21.4 Å². The molecule has 1 atom stereocenters. The summed E-state index contributed by atoms with van der Waals surface area (Å²) in [6.07, 6.45) is 2.44. The van der Waals surface area contributed by atoms with Gasteiger partial charge < -0.3 is 4.98 Å². The standard InChI is InChI=1S/C11H16N4OS/c1-3-5-14-11(2,7-12)8-17-10-13-6-4-9(16)15-10/h4,6,14H,3,5,8H2,1-2H3,(H,13,15,16). The number of hydrogen-bond acceptors (Lipinski definition) is 5. The van der Waals surface area contributed by atoms with E-state index in [1.54, 1.807) is 0 Å². The van der Waals surface area contributed by atoms with Crippen molar-refractivity contribution in [1.82, 2.24) is 15.3 Å². The molecule has 0 aliphatic carbocycles. The van der Waals surface area contributed by atoms with Crippen LogP contribution in [0, 0.1) is 11.3 Å². The first-order valence-electron chi connectivity index (χ1n) is 5.44. The predicted molar refractivity (Wildman–Crippen MR) is 67.9 cm³/mol. The Morgan fingerprint density at radius 1 is 1.71 bits per heavy atom. The van der Waals surface area contributed by atoms with Crippen LogP contribution in [0.2, 0.25) is 0 Å². The first-order chi connectivity index (χ1) is 8.09. The number of H-pyrrole nitrogens is 1. The fourth-order valence-electron chi connectivity index (χ4n) is 1.16. The Bertz CT molecular complexity index is 453. The number of nitrogens with zero attached hydrogens (tertiary/aromatic N) is 2. The SMILES string of the molecule is CCCNC(C)(C#N)CSc1nccc(=O)[nH]1. The van der Waals surface area contributed by atoms with Crippen molar-refractivity contribution in [1.29, 1.82) is 5.26 Å². The zero-order valence-corrected chi connectivity index (χ0v) is 10.8. The van der Waals surface area contributed by atoms with Gasteiger partial charge in [-0.05, 0) is 19.9 Å². The summed E-state index contributed by atoms with van der Waals surface area (Å²) in [5, 5.41) is 12.8. The number of hydrogen-bond donors (Lipinski definition) is 2. The molecule has 92 valence electrons. The molecule has 1 rings (SSSR count). The molecule has 0 radical (unpaired) electrons. The molecule has 0 amide bonds. The van der Waals surface area contributed by atoms with Crippen LogP contribution in [0.1, 0.15) is 20.3 Å². The summed E-state index contributed by atoms with van der Waals surface area (Å²) in [7, 11) is 0. The Morgan fingerprint density at radius 3 is 3.06 bits per heavy atom. The maximum absolute atomic E-state index is 11.1. The molecule has 0 aromatic carbocycles. The molecule has 0 saturated carbocycles. The van der Waals surface area contributed by atoms with Crippen LogP contribution >= 0.6 is 11.8 Å². The summed E-state index contributed by atoms with van der Waals surface area (Å²) in [5.41, 5.74) is -0.780. The van der Waals surface area contributed by atoms with Crippen molar-refractivity contribution in [2.75, 3.05) is 12.3 Å². The minimum Gasteiger partial charge on any atom is -0.301 e. The van der Waals surface area contributed by atoms with Gasteiger partial charge in [-0.2, -0.15) is 5.26 Å². The first kappa shape index (κ1) is 13.7. The van der Waals surface area contributed by atoms with Gasteiger partial charge in [0.1, 0.15) is 5.54 Å². The van der Waals surface area contributed by atoms with E-state index in [4.69, 9.17) is 5.26 Å². The summed E-state index contributed by atoms with van der Waals surface area (Å²) >= 11 is 1.36. The number of aromatic nitrogens is 2. The molecule has 1 unspecified atom stereocenters. The fraction of sp³-hybridized carbons (Fsp3) is 0.545. The maximum Gasteiger partial charge on any atom is 0.251 e. The van der Waals surface area contributed by atoms with E-state index in [1.807, 2.05) is 13.8 Å². The number of nitrogens with one attached hydrogen (secondary N) is 2. The van der Waals surface area contributed by atoms with E-state index in [0.29, 0.717) is 10.9 Å². The molecular formula is C11H16N4OS. The Balaban J connectivity index is 2.59. The minimum absolute atomic E-state index is 0.178. The topological polar surface area (TPSA) is 81.6 Å². The van der Waals surface area contributed by atoms with Crippen molar-refractivity contribution in [3.8, 4) is 6.07 Å².